The first-order valence-corrected chi connectivity index (χ1v) is 16.0. The van der Waals surface area contributed by atoms with Crippen LogP contribution in [0.4, 0.5) is 34.1 Å². The Morgan fingerprint density at radius 2 is 0.851 bits per heavy atom. The van der Waals surface area contributed by atoms with Gasteiger partial charge in [-0.2, -0.15) is 0 Å². The molecule has 0 atom stereocenters. The minimum atomic E-state index is 1.08. The van der Waals surface area contributed by atoms with Crippen LogP contribution in [0, 0.1) is 0 Å². The average molecular weight is 605 g/mol. The highest BCUT2D eigenvalue weighted by molar-refractivity contribution is 6.10. The Hall–Kier alpha value is -6.26. The number of para-hydroxylation sites is 4. The summed E-state index contributed by atoms with van der Waals surface area (Å²) in [6.45, 7) is 0. The van der Waals surface area contributed by atoms with Gasteiger partial charge in [0, 0.05) is 79.3 Å². The molecule has 4 heteroatoms. The van der Waals surface area contributed by atoms with Crippen molar-refractivity contribution in [3.63, 3.8) is 0 Å². The number of aromatic amines is 1. The summed E-state index contributed by atoms with van der Waals surface area (Å²) in [5, 5.41) is 5.00. The SMILES string of the molecule is Cn1c2ccccc2c2ccc(N(c3ccccc3)c3cccc(N(c4ccccc4)c4ccc5c(c4)[nH]c4ccccc45)c3)cc21. The molecule has 0 unspecified atom stereocenters. The van der Waals surface area contributed by atoms with Crippen LogP contribution in [-0.2, 0) is 7.05 Å². The highest BCUT2D eigenvalue weighted by Gasteiger charge is 2.19. The van der Waals surface area contributed by atoms with Gasteiger partial charge in [-0.3, -0.25) is 0 Å². The lowest BCUT2D eigenvalue weighted by molar-refractivity contribution is 1.01. The quantitative estimate of drug-likeness (QED) is 0.204. The van der Waals surface area contributed by atoms with Gasteiger partial charge in [0.2, 0.25) is 0 Å². The van der Waals surface area contributed by atoms with Crippen molar-refractivity contribution < 1.29 is 0 Å². The van der Waals surface area contributed by atoms with Gasteiger partial charge in [0.05, 0.1) is 5.52 Å². The van der Waals surface area contributed by atoms with E-state index in [9.17, 15) is 0 Å². The van der Waals surface area contributed by atoms with Crippen LogP contribution in [0.1, 0.15) is 0 Å². The van der Waals surface area contributed by atoms with Crippen molar-refractivity contribution >= 4 is 77.7 Å². The largest absolute Gasteiger partial charge is 0.354 e. The predicted octanol–water partition coefficient (Wildman–Crippen LogP) is 11.9. The van der Waals surface area contributed by atoms with E-state index < -0.39 is 0 Å². The standard InChI is InChI=1S/C43H32N4/c1-45-42-22-11-9-20-38(42)39-26-24-35(29-43(39)45)47(31-15-6-3-7-16-31)33-18-12-17-32(27-33)46(30-13-4-2-5-14-30)34-23-25-37-36-19-8-10-21-40(36)44-41(37)28-34/h2-29,44H,1H3. The van der Waals surface area contributed by atoms with Gasteiger partial charge in [-0.25, -0.2) is 0 Å². The van der Waals surface area contributed by atoms with Gasteiger partial charge >= 0.3 is 0 Å². The maximum atomic E-state index is 3.64. The molecule has 9 rings (SSSR count). The molecule has 224 valence electrons. The van der Waals surface area contributed by atoms with Crippen LogP contribution >= 0.6 is 0 Å². The first-order valence-electron chi connectivity index (χ1n) is 16.0. The van der Waals surface area contributed by atoms with Gasteiger partial charge in [-0.1, -0.05) is 91.0 Å². The topological polar surface area (TPSA) is 27.2 Å². The first kappa shape index (κ1) is 27.1. The van der Waals surface area contributed by atoms with Gasteiger partial charge in [-0.15, -0.1) is 0 Å². The second-order valence-electron chi connectivity index (χ2n) is 12.0. The molecule has 9 aromatic rings. The molecule has 0 radical (unpaired) electrons. The minimum absolute atomic E-state index is 1.08. The molecule has 7 aromatic carbocycles. The number of rotatable bonds is 6. The Bertz CT molecular complexity index is 2540. The minimum Gasteiger partial charge on any atom is -0.354 e. The zero-order valence-electron chi connectivity index (χ0n) is 26.0. The molecule has 2 aromatic heterocycles. The number of nitrogens with one attached hydrogen (secondary N) is 1. The van der Waals surface area contributed by atoms with E-state index in [0.29, 0.717) is 0 Å². The molecular weight excluding hydrogens is 573 g/mol. The average Bonchev–Trinajstić information content (AvgIpc) is 3.64. The third-order valence-electron chi connectivity index (χ3n) is 9.28. The van der Waals surface area contributed by atoms with E-state index in [1.165, 1.54) is 32.6 Å². The van der Waals surface area contributed by atoms with Crippen molar-refractivity contribution in [2.24, 2.45) is 7.05 Å². The highest BCUT2D eigenvalue weighted by atomic mass is 15.2. The van der Waals surface area contributed by atoms with E-state index in [-0.39, 0.29) is 0 Å². The van der Waals surface area contributed by atoms with Crippen LogP contribution in [0.15, 0.2) is 170 Å². The van der Waals surface area contributed by atoms with Gasteiger partial charge < -0.3 is 19.4 Å². The van der Waals surface area contributed by atoms with Crippen molar-refractivity contribution in [3.8, 4) is 0 Å². The van der Waals surface area contributed by atoms with Crippen LogP contribution in [0.3, 0.4) is 0 Å². The van der Waals surface area contributed by atoms with Gasteiger partial charge in [0.15, 0.2) is 0 Å². The maximum absolute atomic E-state index is 3.64. The summed E-state index contributed by atoms with van der Waals surface area (Å²) >= 11 is 0. The van der Waals surface area contributed by atoms with E-state index in [1.807, 2.05) is 0 Å². The molecule has 0 saturated heterocycles. The third kappa shape index (κ3) is 4.53. The molecule has 0 fully saturated rings. The molecule has 0 spiro atoms. The number of hydrogen-bond acceptors (Lipinski definition) is 2. The van der Waals surface area contributed by atoms with Gasteiger partial charge in [0.1, 0.15) is 0 Å². The number of anilines is 6. The summed E-state index contributed by atoms with van der Waals surface area (Å²) in [6.07, 6.45) is 0. The zero-order chi connectivity index (χ0) is 31.3. The molecule has 2 heterocycles. The lowest BCUT2D eigenvalue weighted by Gasteiger charge is -2.29. The van der Waals surface area contributed by atoms with E-state index in [0.717, 1.165) is 45.2 Å². The molecule has 0 saturated carbocycles. The molecule has 0 bridgehead atoms. The fourth-order valence-corrected chi connectivity index (χ4v) is 7.09. The van der Waals surface area contributed by atoms with E-state index in [2.05, 4.69) is 196 Å². The summed E-state index contributed by atoms with van der Waals surface area (Å²) in [4.78, 5) is 8.33. The third-order valence-corrected chi connectivity index (χ3v) is 9.28. The Balaban J connectivity index is 1.21. The fraction of sp³-hybridized carbons (Fsp3) is 0.0233. The van der Waals surface area contributed by atoms with Crippen LogP contribution < -0.4 is 9.80 Å². The Kier molecular flexibility index (Phi) is 6.32. The van der Waals surface area contributed by atoms with Crippen LogP contribution in [-0.4, -0.2) is 9.55 Å². The van der Waals surface area contributed by atoms with E-state index in [1.54, 1.807) is 0 Å². The molecule has 0 aliphatic rings. The second-order valence-corrected chi connectivity index (χ2v) is 12.0. The summed E-state index contributed by atoms with van der Waals surface area (Å²) in [5.41, 5.74) is 11.3. The number of aryl methyl sites for hydroxylation is 1. The van der Waals surface area contributed by atoms with Crippen molar-refractivity contribution in [1.82, 2.24) is 9.55 Å². The fourth-order valence-electron chi connectivity index (χ4n) is 7.09. The van der Waals surface area contributed by atoms with Crippen LogP contribution in [0.25, 0.3) is 43.6 Å². The molecule has 0 aliphatic heterocycles. The maximum Gasteiger partial charge on any atom is 0.0509 e. The summed E-state index contributed by atoms with van der Waals surface area (Å²) in [5.74, 6) is 0. The van der Waals surface area contributed by atoms with Crippen molar-refractivity contribution in [2.75, 3.05) is 9.80 Å². The summed E-state index contributed by atoms with van der Waals surface area (Å²) < 4.78 is 2.30. The monoisotopic (exact) mass is 604 g/mol. The summed E-state index contributed by atoms with van der Waals surface area (Å²) in [7, 11) is 2.16. The zero-order valence-corrected chi connectivity index (χ0v) is 26.0. The number of hydrogen-bond donors (Lipinski definition) is 1. The molecular formula is C43H32N4. The van der Waals surface area contributed by atoms with Gasteiger partial charge in [-0.05, 0) is 78.9 Å². The number of fused-ring (bicyclic) bond motifs is 6. The lowest BCUT2D eigenvalue weighted by Crippen LogP contribution is -2.13. The Morgan fingerprint density at radius 1 is 0.362 bits per heavy atom. The van der Waals surface area contributed by atoms with E-state index in [4.69, 9.17) is 0 Å². The summed E-state index contributed by atoms with van der Waals surface area (Å²) in [6, 6.07) is 60.8. The van der Waals surface area contributed by atoms with Crippen molar-refractivity contribution in [2.45, 2.75) is 0 Å². The van der Waals surface area contributed by atoms with E-state index >= 15 is 0 Å². The van der Waals surface area contributed by atoms with Crippen LogP contribution in [0.2, 0.25) is 0 Å². The lowest BCUT2D eigenvalue weighted by atomic mass is 10.1. The molecule has 0 amide bonds. The smallest absolute Gasteiger partial charge is 0.0509 e. The number of aromatic nitrogens is 2. The Labute approximate surface area is 273 Å². The molecule has 0 aliphatic carbocycles. The van der Waals surface area contributed by atoms with Crippen molar-refractivity contribution in [1.29, 1.82) is 0 Å². The normalized spacial score (nSPS) is 11.5. The molecule has 47 heavy (non-hydrogen) atoms. The van der Waals surface area contributed by atoms with Crippen LogP contribution in [0.5, 0.6) is 0 Å². The highest BCUT2D eigenvalue weighted by Crippen LogP contribution is 2.42. The Morgan fingerprint density at radius 3 is 1.55 bits per heavy atom. The number of nitrogens with zero attached hydrogens (tertiary/aromatic N) is 3. The second kappa shape index (κ2) is 11.0. The number of H-pyrrole nitrogens is 1. The first-order chi connectivity index (χ1) is 23.2. The molecule has 1 N–H and O–H groups in total. The predicted molar refractivity (Wildman–Crippen MR) is 199 cm³/mol. The van der Waals surface area contributed by atoms with Crippen molar-refractivity contribution in [3.05, 3.63) is 170 Å². The molecule has 4 nitrogen and oxygen atoms in total. The van der Waals surface area contributed by atoms with Gasteiger partial charge in [0.25, 0.3) is 0 Å². The number of benzene rings is 7.